The number of pyridine rings is 1. The van der Waals surface area contributed by atoms with E-state index in [1.807, 2.05) is 4.57 Å². The van der Waals surface area contributed by atoms with E-state index in [1.165, 1.54) is 23.7 Å². The highest BCUT2D eigenvalue weighted by atomic mass is 16.2. The summed E-state index contributed by atoms with van der Waals surface area (Å²) in [5.41, 5.74) is 8.19. The molecular weight excluding hydrogens is 390 g/mol. The predicted octanol–water partition coefficient (Wildman–Crippen LogP) is 3.61. The molecule has 0 saturated heterocycles. The third kappa shape index (κ3) is 4.60. The number of carbonyl (C=O) groups is 1. The highest BCUT2D eigenvalue weighted by Gasteiger charge is 2.21. The van der Waals surface area contributed by atoms with Gasteiger partial charge in [-0.05, 0) is 36.8 Å². The van der Waals surface area contributed by atoms with Crippen LogP contribution >= 0.6 is 0 Å². The Balaban J connectivity index is 1.61. The highest BCUT2D eigenvalue weighted by Crippen LogP contribution is 2.30. The number of nitrogens with zero attached hydrogens (tertiary/aromatic N) is 3. The Labute approximate surface area is 181 Å². The fourth-order valence-electron chi connectivity index (χ4n) is 4.29. The lowest BCUT2D eigenvalue weighted by molar-refractivity contribution is 0.0998. The van der Waals surface area contributed by atoms with Crippen LogP contribution in [0.3, 0.4) is 0 Å². The zero-order chi connectivity index (χ0) is 21.8. The zero-order valence-corrected chi connectivity index (χ0v) is 17.9. The molecular formula is C24H29N5O2. The van der Waals surface area contributed by atoms with Crippen LogP contribution in [-0.2, 0) is 12.8 Å². The Hall–Kier alpha value is -3.22. The number of fused-ring (bicyclic) bond motifs is 1. The number of rotatable bonds is 7. The number of primary amides is 1. The number of hydrogen-bond acceptors (Lipinski definition) is 5. The number of nitrogens with one attached hydrogen (secondary N) is 1. The van der Waals surface area contributed by atoms with Gasteiger partial charge in [0.2, 0.25) is 11.4 Å². The second-order valence-electron chi connectivity index (χ2n) is 8.21. The molecule has 2 heterocycles. The molecule has 2 aromatic heterocycles. The number of amides is 1. The second-order valence-corrected chi connectivity index (χ2v) is 8.21. The second kappa shape index (κ2) is 9.29. The van der Waals surface area contributed by atoms with E-state index >= 15 is 0 Å². The third-order valence-corrected chi connectivity index (χ3v) is 6.13. The number of aromatic nitrogens is 3. The van der Waals surface area contributed by atoms with E-state index in [0.29, 0.717) is 23.5 Å². The minimum atomic E-state index is -0.715. The van der Waals surface area contributed by atoms with Crippen molar-refractivity contribution in [1.29, 1.82) is 0 Å². The van der Waals surface area contributed by atoms with Gasteiger partial charge in [-0.3, -0.25) is 9.59 Å². The molecule has 1 aliphatic rings. The van der Waals surface area contributed by atoms with Gasteiger partial charge in [0, 0.05) is 25.0 Å². The van der Waals surface area contributed by atoms with Crippen LogP contribution in [0.25, 0.3) is 11.0 Å². The smallest absolute Gasteiger partial charge is 0.254 e. The maximum absolute atomic E-state index is 12.8. The van der Waals surface area contributed by atoms with E-state index in [2.05, 4.69) is 46.5 Å². The van der Waals surface area contributed by atoms with Crippen molar-refractivity contribution in [2.75, 3.05) is 11.9 Å². The molecule has 7 nitrogen and oxygen atoms in total. The first-order chi connectivity index (χ1) is 15.1. The van der Waals surface area contributed by atoms with Crippen LogP contribution in [-0.4, -0.2) is 27.0 Å². The van der Waals surface area contributed by atoms with Crippen molar-refractivity contribution in [2.24, 2.45) is 5.73 Å². The van der Waals surface area contributed by atoms with E-state index in [1.54, 1.807) is 6.20 Å². The maximum Gasteiger partial charge on any atom is 0.254 e. The molecule has 31 heavy (non-hydrogen) atoms. The topological polar surface area (TPSA) is 103 Å². The fraction of sp³-hybridized carbons (Fsp3) is 0.417. The van der Waals surface area contributed by atoms with Gasteiger partial charge in [-0.2, -0.15) is 4.98 Å². The van der Waals surface area contributed by atoms with Crippen molar-refractivity contribution in [3.8, 4) is 0 Å². The van der Waals surface area contributed by atoms with E-state index in [9.17, 15) is 9.59 Å². The Morgan fingerprint density at radius 2 is 1.87 bits per heavy atom. The largest absolute Gasteiger partial charge is 0.365 e. The lowest BCUT2D eigenvalue weighted by Gasteiger charge is -2.26. The van der Waals surface area contributed by atoms with Crippen LogP contribution in [0.5, 0.6) is 0 Å². The molecule has 0 unspecified atom stereocenters. The first-order valence-electron chi connectivity index (χ1n) is 11.1. The molecule has 1 aromatic carbocycles. The molecule has 1 amide bonds. The van der Waals surface area contributed by atoms with Crippen LogP contribution in [0.2, 0.25) is 0 Å². The fourth-order valence-corrected chi connectivity index (χ4v) is 4.29. The van der Waals surface area contributed by atoms with Gasteiger partial charge in [0.15, 0.2) is 0 Å². The Morgan fingerprint density at radius 3 is 2.55 bits per heavy atom. The van der Waals surface area contributed by atoms with Crippen molar-refractivity contribution in [3.63, 3.8) is 0 Å². The van der Waals surface area contributed by atoms with E-state index in [-0.39, 0.29) is 11.6 Å². The summed E-state index contributed by atoms with van der Waals surface area (Å²) in [5.74, 6) is -0.235. The van der Waals surface area contributed by atoms with Crippen molar-refractivity contribution in [3.05, 3.63) is 63.6 Å². The number of carbonyl (C=O) groups excluding carboxylic acids is 1. The standard InChI is InChI=1S/C24H29N5O2/c1-2-16-8-10-17(11-9-16)12-13-26-24-27-14-19-21(30)20(22(25)31)15-29(23(19)28-24)18-6-4-3-5-7-18/h8-11,14-15,18H,2-7,12-13H2,1H3,(H2,25,31)(H,26,27,28). The maximum atomic E-state index is 12.8. The first-order valence-corrected chi connectivity index (χ1v) is 11.1. The van der Waals surface area contributed by atoms with E-state index in [0.717, 1.165) is 38.5 Å². The van der Waals surface area contributed by atoms with Crippen LogP contribution in [0.4, 0.5) is 5.95 Å². The number of benzene rings is 1. The van der Waals surface area contributed by atoms with Gasteiger partial charge in [0.25, 0.3) is 5.91 Å². The van der Waals surface area contributed by atoms with Crippen LogP contribution in [0.15, 0.2) is 41.5 Å². The van der Waals surface area contributed by atoms with Gasteiger partial charge in [-0.25, -0.2) is 4.98 Å². The van der Waals surface area contributed by atoms with Gasteiger partial charge >= 0.3 is 0 Å². The first kappa shape index (κ1) is 21.0. The lowest BCUT2D eigenvalue weighted by Crippen LogP contribution is -2.27. The highest BCUT2D eigenvalue weighted by molar-refractivity contribution is 5.95. The Bertz CT molecular complexity index is 1130. The van der Waals surface area contributed by atoms with Crippen LogP contribution in [0.1, 0.15) is 66.6 Å². The molecule has 0 aliphatic heterocycles. The summed E-state index contributed by atoms with van der Waals surface area (Å²) in [6.07, 6.45) is 10.4. The molecule has 1 aliphatic carbocycles. The summed E-state index contributed by atoms with van der Waals surface area (Å²) in [5, 5.41) is 3.61. The van der Waals surface area contributed by atoms with Crippen molar-refractivity contribution < 1.29 is 4.79 Å². The average molecular weight is 420 g/mol. The summed E-state index contributed by atoms with van der Waals surface area (Å²) in [6.45, 7) is 2.83. The summed E-state index contributed by atoms with van der Waals surface area (Å²) in [7, 11) is 0. The van der Waals surface area contributed by atoms with Crippen LogP contribution < -0.4 is 16.5 Å². The molecule has 3 N–H and O–H groups in total. The number of aryl methyl sites for hydroxylation is 1. The van der Waals surface area contributed by atoms with E-state index in [4.69, 9.17) is 5.73 Å². The Morgan fingerprint density at radius 1 is 1.16 bits per heavy atom. The molecule has 0 radical (unpaired) electrons. The van der Waals surface area contributed by atoms with Gasteiger partial charge in [-0.15, -0.1) is 0 Å². The number of nitrogens with two attached hydrogens (primary N) is 1. The van der Waals surface area contributed by atoms with Crippen molar-refractivity contribution >= 4 is 22.9 Å². The molecule has 0 atom stereocenters. The lowest BCUT2D eigenvalue weighted by atomic mass is 9.95. The molecule has 7 heteroatoms. The average Bonchev–Trinajstić information content (AvgIpc) is 2.80. The van der Waals surface area contributed by atoms with E-state index < -0.39 is 11.3 Å². The molecule has 162 valence electrons. The number of anilines is 1. The van der Waals surface area contributed by atoms with Crippen molar-refractivity contribution in [2.45, 2.75) is 57.9 Å². The summed E-state index contributed by atoms with van der Waals surface area (Å²) in [4.78, 5) is 33.6. The monoisotopic (exact) mass is 419 g/mol. The van der Waals surface area contributed by atoms with Gasteiger partial charge < -0.3 is 15.6 Å². The SMILES string of the molecule is CCc1ccc(CCNc2ncc3c(=O)c(C(N)=O)cn(C4CCCCC4)c3n2)cc1. The normalized spacial score (nSPS) is 14.6. The molecule has 0 spiro atoms. The molecule has 0 bridgehead atoms. The quantitative estimate of drug-likeness (QED) is 0.609. The summed E-state index contributed by atoms with van der Waals surface area (Å²) < 4.78 is 1.96. The minimum absolute atomic E-state index is 0.00194. The molecule has 1 saturated carbocycles. The Kier molecular flexibility index (Phi) is 6.30. The minimum Gasteiger partial charge on any atom is -0.365 e. The van der Waals surface area contributed by atoms with Crippen LogP contribution in [0, 0.1) is 0 Å². The predicted molar refractivity (Wildman–Crippen MR) is 122 cm³/mol. The van der Waals surface area contributed by atoms with Gasteiger partial charge in [0.1, 0.15) is 11.2 Å². The molecule has 3 aromatic rings. The van der Waals surface area contributed by atoms with Crippen molar-refractivity contribution in [1.82, 2.24) is 14.5 Å². The van der Waals surface area contributed by atoms with Gasteiger partial charge in [-0.1, -0.05) is 50.5 Å². The summed E-state index contributed by atoms with van der Waals surface area (Å²) >= 11 is 0. The summed E-state index contributed by atoms with van der Waals surface area (Å²) in [6, 6.07) is 8.80. The molecule has 1 fully saturated rings. The third-order valence-electron chi connectivity index (χ3n) is 6.13. The number of hydrogen-bond donors (Lipinski definition) is 2. The molecule has 4 rings (SSSR count). The zero-order valence-electron chi connectivity index (χ0n) is 17.9. The van der Waals surface area contributed by atoms with Gasteiger partial charge in [0.05, 0.1) is 5.39 Å².